The first-order valence-corrected chi connectivity index (χ1v) is 21.9. The van der Waals surface area contributed by atoms with Crippen LogP contribution in [0.4, 0.5) is 0 Å². The van der Waals surface area contributed by atoms with Crippen molar-refractivity contribution in [3.05, 3.63) is 200 Å². The normalized spacial score (nSPS) is 12.0. The fraction of sp³-hybridized carbons (Fsp3) is 0. The van der Waals surface area contributed by atoms with Crippen LogP contribution in [-0.4, -0.2) is 14.1 Å². The Bertz CT molecular complexity index is 3830. The van der Waals surface area contributed by atoms with E-state index in [-0.39, 0.29) is 0 Å². The van der Waals surface area contributed by atoms with Crippen molar-refractivity contribution in [1.82, 2.24) is 14.1 Å². The molecule has 0 bridgehead atoms. The van der Waals surface area contributed by atoms with E-state index in [1.165, 1.54) is 85.2 Å². The third-order valence-corrected chi connectivity index (χ3v) is 14.3. The van der Waals surface area contributed by atoms with Gasteiger partial charge >= 0.3 is 0 Å². The van der Waals surface area contributed by atoms with Crippen molar-refractivity contribution >= 4 is 96.7 Å². The minimum Gasteiger partial charge on any atom is -0.309 e. The molecule has 0 saturated carbocycles. The molecule has 0 fully saturated rings. The molecule has 0 aliphatic heterocycles. The minimum absolute atomic E-state index is 1.02. The van der Waals surface area contributed by atoms with Gasteiger partial charge in [0, 0.05) is 64.2 Å². The van der Waals surface area contributed by atoms with Crippen LogP contribution in [-0.2, 0) is 0 Å². The SMILES string of the molecule is c1ccc(-c2nc3cc4c(cc3s2)c2cc(-c3cccc5c6ccccc6n(-c6cccc(-c7ccc8sc9ccccc9c8c7)c6)c35)ccc2n4-c2ccccc2)cc1. The molecular formula is C55H33N3S2. The summed E-state index contributed by atoms with van der Waals surface area (Å²) in [6.45, 7) is 0. The van der Waals surface area contributed by atoms with Crippen LogP contribution in [0, 0.1) is 0 Å². The molecule has 60 heavy (non-hydrogen) atoms. The van der Waals surface area contributed by atoms with Crippen molar-refractivity contribution in [2.75, 3.05) is 0 Å². The summed E-state index contributed by atoms with van der Waals surface area (Å²) in [5.41, 5.74) is 14.0. The van der Waals surface area contributed by atoms with Crippen LogP contribution < -0.4 is 0 Å². The van der Waals surface area contributed by atoms with Gasteiger partial charge in [0.25, 0.3) is 0 Å². The highest BCUT2D eigenvalue weighted by atomic mass is 32.1. The smallest absolute Gasteiger partial charge is 0.124 e. The summed E-state index contributed by atoms with van der Waals surface area (Å²) in [7, 11) is 0. The molecule has 0 amide bonds. The molecule has 280 valence electrons. The first kappa shape index (κ1) is 33.6. The van der Waals surface area contributed by atoms with Crippen LogP contribution in [0.1, 0.15) is 0 Å². The van der Waals surface area contributed by atoms with Gasteiger partial charge in [0.05, 0.1) is 32.3 Å². The van der Waals surface area contributed by atoms with E-state index in [0.29, 0.717) is 0 Å². The number of hydrogen-bond acceptors (Lipinski definition) is 3. The van der Waals surface area contributed by atoms with Gasteiger partial charge in [0.1, 0.15) is 5.01 Å². The molecule has 13 aromatic rings. The van der Waals surface area contributed by atoms with Crippen molar-refractivity contribution in [1.29, 1.82) is 0 Å². The van der Waals surface area contributed by atoms with E-state index in [0.717, 1.165) is 33.0 Å². The molecule has 3 nitrogen and oxygen atoms in total. The number of benzene rings is 9. The fourth-order valence-electron chi connectivity index (χ4n) is 9.42. The van der Waals surface area contributed by atoms with Crippen LogP contribution in [0.25, 0.3) is 118 Å². The fourth-order valence-corrected chi connectivity index (χ4v) is 11.5. The Kier molecular flexibility index (Phi) is 7.35. The second kappa shape index (κ2) is 13.1. The molecule has 4 aromatic heterocycles. The lowest BCUT2D eigenvalue weighted by atomic mass is 9.99. The van der Waals surface area contributed by atoms with Crippen LogP contribution in [0.3, 0.4) is 0 Å². The number of rotatable bonds is 5. The van der Waals surface area contributed by atoms with Gasteiger partial charge in [0.15, 0.2) is 0 Å². The number of fused-ring (bicyclic) bond motifs is 10. The molecule has 0 radical (unpaired) electrons. The van der Waals surface area contributed by atoms with Gasteiger partial charge in [-0.2, -0.15) is 0 Å². The average Bonchev–Trinajstić information content (AvgIpc) is 4.07. The molecule has 4 heterocycles. The topological polar surface area (TPSA) is 22.8 Å². The van der Waals surface area contributed by atoms with E-state index in [9.17, 15) is 0 Å². The minimum atomic E-state index is 1.02. The van der Waals surface area contributed by atoms with E-state index in [2.05, 4.69) is 209 Å². The zero-order valence-electron chi connectivity index (χ0n) is 32.2. The summed E-state index contributed by atoms with van der Waals surface area (Å²) in [6.07, 6.45) is 0. The molecule has 0 atom stereocenters. The molecule has 9 aromatic carbocycles. The maximum atomic E-state index is 5.15. The van der Waals surface area contributed by atoms with Crippen molar-refractivity contribution < 1.29 is 0 Å². The van der Waals surface area contributed by atoms with Gasteiger partial charge in [-0.25, -0.2) is 4.98 Å². The van der Waals surface area contributed by atoms with Crippen LogP contribution in [0.5, 0.6) is 0 Å². The zero-order valence-corrected chi connectivity index (χ0v) is 33.8. The van der Waals surface area contributed by atoms with Crippen molar-refractivity contribution in [2.45, 2.75) is 0 Å². The Morgan fingerprint density at radius 2 is 0.983 bits per heavy atom. The Hall–Kier alpha value is -7.31. The molecule has 0 aliphatic rings. The highest BCUT2D eigenvalue weighted by Crippen LogP contribution is 2.43. The summed E-state index contributed by atoms with van der Waals surface area (Å²) >= 11 is 3.62. The van der Waals surface area contributed by atoms with Crippen molar-refractivity contribution in [2.24, 2.45) is 0 Å². The van der Waals surface area contributed by atoms with E-state index in [1.54, 1.807) is 11.3 Å². The number of hydrogen-bond donors (Lipinski definition) is 0. The lowest BCUT2D eigenvalue weighted by Crippen LogP contribution is -1.96. The molecule has 5 heteroatoms. The molecule has 0 spiro atoms. The van der Waals surface area contributed by atoms with Crippen LogP contribution >= 0.6 is 22.7 Å². The van der Waals surface area contributed by atoms with Crippen molar-refractivity contribution in [3.8, 4) is 44.2 Å². The summed E-state index contributed by atoms with van der Waals surface area (Å²) < 4.78 is 8.71. The third kappa shape index (κ3) is 5.10. The second-order valence-corrected chi connectivity index (χ2v) is 17.7. The largest absolute Gasteiger partial charge is 0.309 e. The summed E-state index contributed by atoms with van der Waals surface area (Å²) in [5, 5.41) is 8.61. The number of thiophene rings is 1. The standard InChI is InChI=1S/C55H33N3S2/c1-3-13-34(14-4-1)55-56-47-33-50-45(32-53(47)60-55)44-31-37(25-27-49(44)57(50)38-16-5-2-6-17-38)40-21-12-22-43-41-19-7-9-23-48(41)58(54(40)43)39-18-11-15-35(29-39)36-26-28-52-46(30-36)42-20-8-10-24-51(42)59-52/h1-33H. The maximum Gasteiger partial charge on any atom is 0.124 e. The van der Waals surface area contributed by atoms with E-state index >= 15 is 0 Å². The summed E-state index contributed by atoms with van der Waals surface area (Å²) in [5.74, 6) is 0. The van der Waals surface area contributed by atoms with E-state index in [4.69, 9.17) is 4.98 Å². The highest BCUT2D eigenvalue weighted by Gasteiger charge is 2.20. The average molecular weight is 800 g/mol. The third-order valence-electron chi connectivity index (χ3n) is 12.1. The van der Waals surface area contributed by atoms with Gasteiger partial charge in [-0.05, 0) is 89.5 Å². The van der Waals surface area contributed by atoms with Gasteiger partial charge in [0.2, 0.25) is 0 Å². The number of nitrogens with zero attached hydrogens (tertiary/aromatic N) is 3. The van der Waals surface area contributed by atoms with E-state index < -0.39 is 0 Å². The first-order chi connectivity index (χ1) is 29.7. The van der Waals surface area contributed by atoms with Crippen LogP contribution in [0.2, 0.25) is 0 Å². The lowest BCUT2D eigenvalue weighted by molar-refractivity contribution is 1.18. The Morgan fingerprint density at radius 3 is 1.88 bits per heavy atom. The molecule has 0 N–H and O–H groups in total. The Balaban J connectivity index is 1.03. The molecule has 0 aliphatic carbocycles. The molecule has 0 unspecified atom stereocenters. The molecule has 13 rings (SSSR count). The summed E-state index contributed by atoms with van der Waals surface area (Å²) in [6, 6.07) is 73.3. The Labute approximate surface area is 353 Å². The van der Waals surface area contributed by atoms with Gasteiger partial charge in [-0.3, -0.25) is 0 Å². The summed E-state index contributed by atoms with van der Waals surface area (Å²) in [4.78, 5) is 5.15. The monoisotopic (exact) mass is 799 g/mol. The van der Waals surface area contributed by atoms with Gasteiger partial charge in [-0.1, -0.05) is 127 Å². The zero-order chi connectivity index (χ0) is 39.3. The predicted molar refractivity (Wildman–Crippen MR) is 257 cm³/mol. The second-order valence-electron chi connectivity index (χ2n) is 15.5. The van der Waals surface area contributed by atoms with Gasteiger partial charge < -0.3 is 9.13 Å². The molecule has 0 saturated heterocycles. The number of para-hydroxylation sites is 3. The Morgan fingerprint density at radius 1 is 0.333 bits per heavy atom. The maximum absolute atomic E-state index is 5.15. The van der Waals surface area contributed by atoms with Gasteiger partial charge in [-0.15, -0.1) is 22.7 Å². The lowest BCUT2D eigenvalue weighted by Gasteiger charge is -2.14. The highest BCUT2D eigenvalue weighted by molar-refractivity contribution is 7.25. The van der Waals surface area contributed by atoms with Crippen molar-refractivity contribution in [3.63, 3.8) is 0 Å². The number of aromatic nitrogens is 3. The number of thiazole rings is 1. The quantitative estimate of drug-likeness (QED) is 0.170. The first-order valence-electron chi connectivity index (χ1n) is 20.3. The van der Waals surface area contributed by atoms with Crippen LogP contribution in [0.15, 0.2) is 200 Å². The van der Waals surface area contributed by atoms with E-state index in [1.807, 2.05) is 11.3 Å². The molecular weight excluding hydrogens is 767 g/mol. The predicted octanol–water partition coefficient (Wildman–Crippen LogP) is 15.9.